The van der Waals surface area contributed by atoms with Crippen molar-refractivity contribution in [2.75, 3.05) is 6.67 Å². The van der Waals surface area contributed by atoms with Crippen molar-refractivity contribution < 1.29 is 4.79 Å². The van der Waals surface area contributed by atoms with E-state index in [1.54, 1.807) is 0 Å². The summed E-state index contributed by atoms with van der Waals surface area (Å²) in [6.07, 6.45) is 3.15. The van der Waals surface area contributed by atoms with Crippen LogP contribution in [0.4, 0.5) is 0 Å². The zero-order chi connectivity index (χ0) is 11.4. The molecule has 15 heavy (non-hydrogen) atoms. The normalized spacial score (nSPS) is 25.7. The van der Waals surface area contributed by atoms with E-state index in [9.17, 15) is 4.79 Å². The Hall–Kier alpha value is -0.570. The third-order valence-corrected chi connectivity index (χ3v) is 3.63. The zero-order valence-electron chi connectivity index (χ0n) is 10.4. The van der Waals surface area contributed by atoms with E-state index in [-0.39, 0.29) is 6.04 Å². The minimum absolute atomic E-state index is 0.0708. The summed E-state index contributed by atoms with van der Waals surface area (Å²) < 4.78 is 0. The number of amides is 1. The van der Waals surface area contributed by atoms with Crippen LogP contribution in [0.3, 0.4) is 0 Å². The minimum atomic E-state index is 0.0708. The van der Waals surface area contributed by atoms with Gasteiger partial charge in [-0.25, -0.2) is 0 Å². The largest absolute Gasteiger partial charge is 0.326 e. The molecule has 1 rings (SSSR count). The van der Waals surface area contributed by atoms with Gasteiger partial charge in [-0.2, -0.15) is 0 Å². The van der Waals surface area contributed by atoms with Crippen LogP contribution in [0.5, 0.6) is 0 Å². The van der Waals surface area contributed by atoms with Crippen LogP contribution in [0.1, 0.15) is 47.0 Å². The molecule has 3 heteroatoms. The molecule has 3 atom stereocenters. The van der Waals surface area contributed by atoms with Crippen LogP contribution in [-0.4, -0.2) is 29.6 Å². The molecular formula is C12H24N2O. The number of nitrogens with zero attached hydrogens (tertiary/aromatic N) is 1. The fourth-order valence-corrected chi connectivity index (χ4v) is 2.08. The molecule has 1 N–H and O–H groups in total. The lowest BCUT2D eigenvalue weighted by molar-refractivity contribution is -0.131. The van der Waals surface area contributed by atoms with Crippen molar-refractivity contribution in [2.24, 2.45) is 5.92 Å². The van der Waals surface area contributed by atoms with Gasteiger partial charge in [0.1, 0.15) is 0 Å². The second kappa shape index (κ2) is 5.50. The monoisotopic (exact) mass is 212 g/mol. The van der Waals surface area contributed by atoms with E-state index in [4.69, 9.17) is 0 Å². The van der Waals surface area contributed by atoms with Gasteiger partial charge in [0.2, 0.25) is 5.91 Å². The second-order valence-corrected chi connectivity index (χ2v) is 4.64. The molecule has 1 aliphatic rings. The number of hydrogen-bond acceptors (Lipinski definition) is 2. The van der Waals surface area contributed by atoms with Crippen molar-refractivity contribution in [2.45, 2.75) is 59.0 Å². The molecule has 1 fully saturated rings. The van der Waals surface area contributed by atoms with Crippen LogP contribution in [0.2, 0.25) is 0 Å². The third kappa shape index (κ3) is 2.71. The molecular weight excluding hydrogens is 188 g/mol. The van der Waals surface area contributed by atoms with Crippen LogP contribution < -0.4 is 5.32 Å². The highest BCUT2D eigenvalue weighted by Crippen LogP contribution is 2.19. The Morgan fingerprint density at radius 3 is 2.67 bits per heavy atom. The summed E-state index contributed by atoms with van der Waals surface area (Å²) in [5.74, 6) is 0.876. The molecule has 0 spiro atoms. The summed E-state index contributed by atoms with van der Waals surface area (Å²) in [5.41, 5.74) is 0. The predicted octanol–water partition coefficient (Wildman–Crippen LogP) is 1.98. The van der Waals surface area contributed by atoms with E-state index < -0.39 is 0 Å². The Kier molecular flexibility index (Phi) is 4.58. The molecule has 1 saturated heterocycles. The van der Waals surface area contributed by atoms with Gasteiger partial charge in [-0.05, 0) is 19.3 Å². The quantitative estimate of drug-likeness (QED) is 0.755. The van der Waals surface area contributed by atoms with E-state index in [2.05, 4.69) is 33.0 Å². The molecule has 1 amide bonds. The molecule has 0 aromatic heterocycles. The van der Waals surface area contributed by atoms with Crippen molar-refractivity contribution in [3.8, 4) is 0 Å². The first kappa shape index (κ1) is 12.5. The summed E-state index contributed by atoms with van der Waals surface area (Å²) in [6, 6.07) is 0.429. The summed E-state index contributed by atoms with van der Waals surface area (Å²) in [6.45, 7) is 9.40. The molecule has 0 aliphatic carbocycles. The number of hydrogen-bond donors (Lipinski definition) is 1. The number of carbonyl (C=O) groups is 1. The zero-order valence-corrected chi connectivity index (χ0v) is 10.4. The van der Waals surface area contributed by atoms with E-state index >= 15 is 0 Å². The molecule has 3 unspecified atom stereocenters. The fourth-order valence-electron chi connectivity index (χ4n) is 2.08. The van der Waals surface area contributed by atoms with Gasteiger partial charge in [0.25, 0.3) is 0 Å². The van der Waals surface area contributed by atoms with Crippen molar-refractivity contribution in [3.05, 3.63) is 0 Å². The number of rotatable bonds is 5. The van der Waals surface area contributed by atoms with Gasteiger partial charge >= 0.3 is 0 Å². The van der Waals surface area contributed by atoms with Crippen LogP contribution in [-0.2, 0) is 4.79 Å². The molecule has 1 heterocycles. The van der Waals surface area contributed by atoms with Gasteiger partial charge < -0.3 is 4.90 Å². The highest BCUT2D eigenvalue weighted by atomic mass is 16.2. The van der Waals surface area contributed by atoms with Gasteiger partial charge in [-0.15, -0.1) is 0 Å². The van der Waals surface area contributed by atoms with E-state index in [1.807, 2.05) is 4.90 Å². The first-order valence-electron chi connectivity index (χ1n) is 6.15. The van der Waals surface area contributed by atoms with E-state index in [0.29, 0.717) is 17.9 Å². The SMILES string of the molecule is CCCC1NCN(C(C)C(C)CC)C1=O. The first-order valence-corrected chi connectivity index (χ1v) is 6.15. The van der Waals surface area contributed by atoms with Gasteiger partial charge in [-0.3, -0.25) is 10.1 Å². The highest BCUT2D eigenvalue weighted by molar-refractivity contribution is 5.84. The molecule has 0 saturated carbocycles. The van der Waals surface area contributed by atoms with Crippen molar-refractivity contribution >= 4 is 5.91 Å². The van der Waals surface area contributed by atoms with E-state index in [1.165, 1.54) is 0 Å². The molecule has 3 nitrogen and oxygen atoms in total. The average molecular weight is 212 g/mol. The van der Waals surface area contributed by atoms with Gasteiger partial charge in [0.05, 0.1) is 12.7 Å². The van der Waals surface area contributed by atoms with Gasteiger partial charge in [0, 0.05) is 6.04 Å². The lowest BCUT2D eigenvalue weighted by Gasteiger charge is -2.28. The topological polar surface area (TPSA) is 32.3 Å². The molecule has 1 aliphatic heterocycles. The Bertz CT molecular complexity index is 218. The lowest BCUT2D eigenvalue weighted by Crippen LogP contribution is -2.40. The summed E-state index contributed by atoms with van der Waals surface area (Å²) in [4.78, 5) is 14.0. The molecule has 0 aromatic rings. The minimum Gasteiger partial charge on any atom is -0.326 e. The third-order valence-electron chi connectivity index (χ3n) is 3.63. The Labute approximate surface area is 93.2 Å². The summed E-state index contributed by atoms with van der Waals surface area (Å²) >= 11 is 0. The maximum atomic E-state index is 12.0. The van der Waals surface area contributed by atoms with Gasteiger partial charge in [-0.1, -0.05) is 33.6 Å². The maximum Gasteiger partial charge on any atom is 0.241 e. The van der Waals surface area contributed by atoms with Crippen molar-refractivity contribution in [3.63, 3.8) is 0 Å². The number of nitrogens with one attached hydrogen (secondary N) is 1. The van der Waals surface area contributed by atoms with Crippen molar-refractivity contribution in [1.29, 1.82) is 0 Å². The summed E-state index contributed by atoms with van der Waals surface area (Å²) in [7, 11) is 0. The predicted molar refractivity (Wildman–Crippen MR) is 62.5 cm³/mol. The van der Waals surface area contributed by atoms with E-state index in [0.717, 1.165) is 25.9 Å². The Morgan fingerprint density at radius 2 is 2.13 bits per heavy atom. The van der Waals surface area contributed by atoms with Crippen LogP contribution >= 0.6 is 0 Å². The number of carbonyl (C=O) groups excluding carboxylic acids is 1. The van der Waals surface area contributed by atoms with Crippen LogP contribution in [0.15, 0.2) is 0 Å². The molecule has 0 aromatic carbocycles. The smallest absolute Gasteiger partial charge is 0.241 e. The summed E-state index contributed by atoms with van der Waals surface area (Å²) in [5, 5.41) is 3.29. The van der Waals surface area contributed by atoms with Crippen LogP contribution in [0, 0.1) is 5.92 Å². The fraction of sp³-hybridized carbons (Fsp3) is 0.917. The molecule has 0 bridgehead atoms. The standard InChI is InChI=1S/C12H24N2O/c1-5-7-11-12(15)14(8-13-11)10(4)9(3)6-2/h9-11,13H,5-8H2,1-4H3. The lowest BCUT2D eigenvalue weighted by atomic mass is 9.99. The average Bonchev–Trinajstić information content (AvgIpc) is 2.59. The molecule has 88 valence electrons. The van der Waals surface area contributed by atoms with Gasteiger partial charge in [0.15, 0.2) is 0 Å². The highest BCUT2D eigenvalue weighted by Gasteiger charge is 2.34. The molecule has 0 radical (unpaired) electrons. The van der Waals surface area contributed by atoms with Crippen molar-refractivity contribution in [1.82, 2.24) is 10.2 Å². The maximum absolute atomic E-state index is 12.0. The Morgan fingerprint density at radius 1 is 1.47 bits per heavy atom. The second-order valence-electron chi connectivity index (χ2n) is 4.64. The first-order chi connectivity index (χ1) is 7.11. The Balaban J connectivity index is 2.55. The van der Waals surface area contributed by atoms with Crippen LogP contribution in [0.25, 0.3) is 0 Å².